The summed E-state index contributed by atoms with van der Waals surface area (Å²) in [6.45, 7) is 4.50. The zero-order chi connectivity index (χ0) is 19.1. The Bertz CT molecular complexity index is 746. The van der Waals surface area contributed by atoms with Crippen molar-refractivity contribution in [1.82, 2.24) is 10.3 Å². The normalized spacial score (nSPS) is 14.3. The van der Waals surface area contributed by atoms with E-state index in [1.54, 1.807) is 31.6 Å². The Labute approximate surface area is 158 Å². The zero-order valence-electron chi connectivity index (χ0n) is 15.5. The van der Waals surface area contributed by atoms with Crippen LogP contribution < -0.4 is 15.1 Å². The van der Waals surface area contributed by atoms with Crippen molar-refractivity contribution in [2.75, 3.05) is 56.2 Å². The van der Waals surface area contributed by atoms with Crippen LogP contribution in [0.25, 0.3) is 0 Å². The lowest BCUT2D eigenvalue weighted by atomic mass is 10.2. The van der Waals surface area contributed by atoms with Crippen LogP contribution >= 0.6 is 0 Å². The van der Waals surface area contributed by atoms with E-state index in [0.717, 1.165) is 44.0 Å². The minimum atomic E-state index is -0.222. The molecule has 0 spiro atoms. The van der Waals surface area contributed by atoms with E-state index in [-0.39, 0.29) is 11.7 Å². The van der Waals surface area contributed by atoms with Gasteiger partial charge in [-0.25, -0.2) is 4.39 Å². The molecule has 0 saturated carbocycles. The van der Waals surface area contributed by atoms with Crippen LogP contribution in [0.1, 0.15) is 16.8 Å². The summed E-state index contributed by atoms with van der Waals surface area (Å²) < 4.78 is 18.1. The van der Waals surface area contributed by atoms with Gasteiger partial charge in [-0.15, -0.1) is 0 Å². The van der Waals surface area contributed by atoms with E-state index >= 15 is 0 Å². The molecular weight excluding hydrogens is 347 g/mol. The lowest BCUT2D eigenvalue weighted by Gasteiger charge is -2.37. The van der Waals surface area contributed by atoms with Gasteiger partial charge in [0.15, 0.2) is 0 Å². The molecule has 1 N–H and O–H groups in total. The smallest absolute Gasteiger partial charge is 0.252 e. The minimum absolute atomic E-state index is 0.120. The Morgan fingerprint density at radius 2 is 1.78 bits per heavy atom. The maximum Gasteiger partial charge on any atom is 0.252 e. The molecule has 3 rings (SSSR count). The first-order chi connectivity index (χ1) is 13.2. The van der Waals surface area contributed by atoms with Crippen LogP contribution in [0.2, 0.25) is 0 Å². The largest absolute Gasteiger partial charge is 0.385 e. The number of nitrogens with zero attached hydrogens (tertiary/aromatic N) is 3. The number of hydrogen-bond donors (Lipinski definition) is 1. The molecule has 2 aromatic rings. The van der Waals surface area contributed by atoms with E-state index in [1.807, 2.05) is 6.07 Å². The molecule has 1 aliphatic heterocycles. The number of aromatic nitrogens is 1. The van der Waals surface area contributed by atoms with Gasteiger partial charge in [-0.05, 0) is 36.8 Å². The van der Waals surface area contributed by atoms with Gasteiger partial charge in [0.25, 0.3) is 5.91 Å². The Morgan fingerprint density at radius 1 is 1.11 bits per heavy atom. The van der Waals surface area contributed by atoms with E-state index in [4.69, 9.17) is 4.74 Å². The van der Waals surface area contributed by atoms with Gasteiger partial charge in [-0.2, -0.15) is 0 Å². The number of nitrogens with one attached hydrogen (secondary N) is 1. The number of piperazine rings is 1. The molecule has 0 unspecified atom stereocenters. The predicted octanol–water partition coefficient (Wildman–Crippen LogP) is 2.31. The highest BCUT2D eigenvalue weighted by atomic mass is 19.1. The van der Waals surface area contributed by atoms with E-state index < -0.39 is 0 Å². The number of carbonyl (C=O) groups excluding carboxylic acids is 1. The maximum absolute atomic E-state index is 13.1. The zero-order valence-corrected chi connectivity index (χ0v) is 15.5. The second kappa shape index (κ2) is 9.32. The van der Waals surface area contributed by atoms with Crippen molar-refractivity contribution < 1.29 is 13.9 Å². The molecule has 1 aromatic heterocycles. The fourth-order valence-electron chi connectivity index (χ4n) is 3.12. The van der Waals surface area contributed by atoms with Gasteiger partial charge in [0.2, 0.25) is 0 Å². The number of ether oxygens (including phenoxy) is 1. The molecule has 27 heavy (non-hydrogen) atoms. The summed E-state index contributed by atoms with van der Waals surface area (Å²) >= 11 is 0. The van der Waals surface area contributed by atoms with Crippen molar-refractivity contribution in [3.05, 3.63) is 54.1 Å². The van der Waals surface area contributed by atoms with Crippen LogP contribution in [0, 0.1) is 5.82 Å². The quantitative estimate of drug-likeness (QED) is 0.756. The van der Waals surface area contributed by atoms with Gasteiger partial charge in [0, 0.05) is 58.3 Å². The third kappa shape index (κ3) is 5.17. The molecule has 1 saturated heterocycles. The molecule has 7 heteroatoms. The van der Waals surface area contributed by atoms with E-state index in [0.29, 0.717) is 18.7 Å². The fourth-order valence-corrected chi connectivity index (χ4v) is 3.12. The van der Waals surface area contributed by atoms with Gasteiger partial charge in [-0.3, -0.25) is 9.78 Å². The number of rotatable bonds is 7. The molecule has 1 fully saturated rings. The van der Waals surface area contributed by atoms with Gasteiger partial charge >= 0.3 is 0 Å². The summed E-state index contributed by atoms with van der Waals surface area (Å²) in [5.74, 6) is -0.342. The number of amides is 1. The summed E-state index contributed by atoms with van der Waals surface area (Å²) in [6, 6.07) is 8.47. The topological polar surface area (TPSA) is 57.7 Å². The minimum Gasteiger partial charge on any atom is -0.385 e. The average molecular weight is 372 g/mol. The highest BCUT2D eigenvalue weighted by molar-refractivity contribution is 5.94. The molecule has 0 bridgehead atoms. The van der Waals surface area contributed by atoms with Crippen molar-refractivity contribution in [1.29, 1.82) is 0 Å². The number of pyridine rings is 1. The molecule has 1 aromatic carbocycles. The molecule has 0 aliphatic carbocycles. The van der Waals surface area contributed by atoms with Crippen LogP contribution in [0.4, 0.5) is 15.8 Å². The molecule has 1 amide bonds. The lowest BCUT2D eigenvalue weighted by Crippen LogP contribution is -2.46. The molecule has 6 nitrogen and oxygen atoms in total. The molecule has 1 aliphatic rings. The summed E-state index contributed by atoms with van der Waals surface area (Å²) in [5, 5.41) is 2.88. The second-order valence-electron chi connectivity index (χ2n) is 6.48. The van der Waals surface area contributed by atoms with Crippen molar-refractivity contribution in [3.63, 3.8) is 0 Å². The Balaban J connectivity index is 1.56. The summed E-state index contributed by atoms with van der Waals surface area (Å²) in [7, 11) is 1.64. The summed E-state index contributed by atoms with van der Waals surface area (Å²) in [6.07, 6.45) is 4.15. The number of carbonyl (C=O) groups is 1. The number of methoxy groups -OCH3 is 1. The van der Waals surface area contributed by atoms with E-state index in [2.05, 4.69) is 20.1 Å². The first-order valence-electron chi connectivity index (χ1n) is 9.15. The number of halogens is 1. The number of benzene rings is 1. The highest BCUT2D eigenvalue weighted by Gasteiger charge is 2.19. The van der Waals surface area contributed by atoms with Gasteiger partial charge < -0.3 is 19.9 Å². The maximum atomic E-state index is 13.1. The van der Waals surface area contributed by atoms with Gasteiger partial charge in [0.05, 0.1) is 17.4 Å². The van der Waals surface area contributed by atoms with Crippen LogP contribution in [0.3, 0.4) is 0 Å². The third-order valence-electron chi connectivity index (χ3n) is 4.63. The van der Waals surface area contributed by atoms with Gasteiger partial charge in [0.1, 0.15) is 5.82 Å². The molecular formula is C20H25FN4O2. The highest BCUT2D eigenvalue weighted by Crippen LogP contribution is 2.21. The molecule has 0 radical (unpaired) electrons. The first-order valence-corrected chi connectivity index (χ1v) is 9.15. The van der Waals surface area contributed by atoms with Crippen molar-refractivity contribution in [2.24, 2.45) is 0 Å². The number of hydrogen-bond acceptors (Lipinski definition) is 5. The fraction of sp³-hybridized carbons (Fsp3) is 0.400. The first kappa shape index (κ1) is 19.1. The monoisotopic (exact) mass is 372 g/mol. The van der Waals surface area contributed by atoms with Crippen molar-refractivity contribution in [3.8, 4) is 0 Å². The Hall–Kier alpha value is -2.67. The van der Waals surface area contributed by atoms with E-state index in [1.165, 1.54) is 12.1 Å². The van der Waals surface area contributed by atoms with Crippen molar-refractivity contribution in [2.45, 2.75) is 6.42 Å². The van der Waals surface area contributed by atoms with Gasteiger partial charge in [-0.1, -0.05) is 0 Å². The summed E-state index contributed by atoms with van der Waals surface area (Å²) in [5.41, 5.74) is 2.53. The van der Waals surface area contributed by atoms with Crippen LogP contribution in [0.5, 0.6) is 0 Å². The van der Waals surface area contributed by atoms with Crippen molar-refractivity contribution >= 4 is 17.3 Å². The SMILES string of the molecule is COCCCNC(=O)c1cncc(N2CCN(c3ccc(F)cc3)CC2)c1. The second-order valence-corrected chi connectivity index (χ2v) is 6.48. The Morgan fingerprint density at radius 3 is 2.44 bits per heavy atom. The molecule has 144 valence electrons. The van der Waals surface area contributed by atoms with E-state index in [9.17, 15) is 9.18 Å². The summed E-state index contributed by atoms with van der Waals surface area (Å²) in [4.78, 5) is 20.9. The number of anilines is 2. The molecule has 0 atom stereocenters. The molecule has 2 heterocycles. The third-order valence-corrected chi connectivity index (χ3v) is 4.63. The van der Waals surface area contributed by atoms with Crippen LogP contribution in [-0.4, -0.2) is 57.3 Å². The van der Waals surface area contributed by atoms with Crippen LogP contribution in [-0.2, 0) is 4.74 Å². The van der Waals surface area contributed by atoms with Crippen LogP contribution in [0.15, 0.2) is 42.7 Å². The lowest BCUT2D eigenvalue weighted by molar-refractivity contribution is 0.0948. The standard InChI is InChI=1S/C20H25FN4O2/c1-27-12-2-7-23-20(26)16-13-19(15-22-14-16)25-10-8-24(9-11-25)18-5-3-17(21)4-6-18/h3-6,13-15H,2,7-12H2,1H3,(H,23,26). The Kier molecular flexibility index (Phi) is 6.59. The average Bonchev–Trinajstić information content (AvgIpc) is 2.72. The predicted molar refractivity (Wildman–Crippen MR) is 104 cm³/mol.